The van der Waals surface area contributed by atoms with E-state index in [1.807, 2.05) is 12.1 Å². The minimum absolute atomic E-state index is 0.144. The lowest BCUT2D eigenvalue weighted by molar-refractivity contribution is -0.116. The van der Waals surface area contributed by atoms with Crippen LogP contribution in [0.1, 0.15) is 22.3 Å². The van der Waals surface area contributed by atoms with Crippen LogP contribution in [0.5, 0.6) is 0 Å². The number of aromatic nitrogens is 2. The fraction of sp³-hybridized carbons (Fsp3) is 0.150. The highest BCUT2D eigenvalue weighted by atomic mass is 35.5. The van der Waals surface area contributed by atoms with Crippen LogP contribution < -0.4 is 10.6 Å². The standard InChI is InChI=1S/C20H18Cl2N4O2/c21-16-7-6-15(17(22)12-16)13-26-18(8-11-24-26)25-19(27)9-10-23-20(28)14-4-2-1-3-5-14/h1-8,11-12H,9-10,13H2,(H,23,28)(H,25,27). The molecular formula is C20H18Cl2N4O2. The number of nitrogens with zero attached hydrogens (tertiary/aromatic N) is 2. The zero-order valence-electron chi connectivity index (χ0n) is 14.9. The van der Waals surface area contributed by atoms with E-state index in [1.54, 1.807) is 53.3 Å². The number of halogens is 2. The van der Waals surface area contributed by atoms with Crippen LogP contribution in [0.15, 0.2) is 60.8 Å². The number of carbonyl (C=O) groups excluding carboxylic acids is 2. The highest BCUT2D eigenvalue weighted by Gasteiger charge is 2.11. The van der Waals surface area contributed by atoms with Crippen LogP contribution in [0.25, 0.3) is 0 Å². The summed E-state index contributed by atoms with van der Waals surface area (Å²) in [5.41, 5.74) is 1.39. The molecule has 2 N–H and O–H groups in total. The highest BCUT2D eigenvalue weighted by Crippen LogP contribution is 2.22. The van der Waals surface area contributed by atoms with Crippen LogP contribution in [-0.2, 0) is 11.3 Å². The molecule has 0 saturated heterocycles. The fourth-order valence-corrected chi connectivity index (χ4v) is 3.03. The molecule has 0 bridgehead atoms. The second-order valence-electron chi connectivity index (χ2n) is 6.03. The lowest BCUT2D eigenvalue weighted by Crippen LogP contribution is -2.28. The molecule has 8 heteroatoms. The summed E-state index contributed by atoms with van der Waals surface area (Å²) in [5, 5.41) is 10.8. The van der Waals surface area contributed by atoms with Gasteiger partial charge in [-0.25, -0.2) is 4.68 Å². The lowest BCUT2D eigenvalue weighted by Gasteiger charge is -2.11. The molecule has 0 aliphatic heterocycles. The van der Waals surface area contributed by atoms with Gasteiger partial charge in [0.15, 0.2) is 0 Å². The molecule has 0 radical (unpaired) electrons. The van der Waals surface area contributed by atoms with Gasteiger partial charge in [-0.3, -0.25) is 9.59 Å². The number of anilines is 1. The topological polar surface area (TPSA) is 76.0 Å². The van der Waals surface area contributed by atoms with Crippen molar-refractivity contribution in [2.24, 2.45) is 0 Å². The van der Waals surface area contributed by atoms with Crippen molar-refractivity contribution in [3.05, 3.63) is 82.0 Å². The maximum Gasteiger partial charge on any atom is 0.251 e. The summed E-state index contributed by atoms with van der Waals surface area (Å²) in [7, 11) is 0. The van der Waals surface area contributed by atoms with Crippen molar-refractivity contribution in [1.82, 2.24) is 15.1 Å². The van der Waals surface area contributed by atoms with Gasteiger partial charge in [-0.1, -0.05) is 47.5 Å². The van der Waals surface area contributed by atoms with Gasteiger partial charge in [-0.05, 0) is 29.8 Å². The van der Waals surface area contributed by atoms with Crippen molar-refractivity contribution in [3.63, 3.8) is 0 Å². The van der Waals surface area contributed by atoms with E-state index in [0.717, 1.165) is 5.56 Å². The quantitative estimate of drug-likeness (QED) is 0.610. The first-order chi connectivity index (χ1) is 13.5. The van der Waals surface area contributed by atoms with Crippen molar-refractivity contribution < 1.29 is 9.59 Å². The van der Waals surface area contributed by atoms with E-state index in [9.17, 15) is 9.59 Å². The van der Waals surface area contributed by atoms with Gasteiger partial charge >= 0.3 is 0 Å². The molecule has 0 unspecified atom stereocenters. The Morgan fingerprint density at radius 1 is 1.04 bits per heavy atom. The van der Waals surface area contributed by atoms with Crippen molar-refractivity contribution in [2.75, 3.05) is 11.9 Å². The molecule has 0 atom stereocenters. The number of nitrogens with one attached hydrogen (secondary N) is 2. The molecular weight excluding hydrogens is 399 g/mol. The van der Waals surface area contributed by atoms with E-state index in [4.69, 9.17) is 23.2 Å². The minimum atomic E-state index is -0.225. The zero-order chi connectivity index (χ0) is 19.9. The summed E-state index contributed by atoms with van der Waals surface area (Å²) < 4.78 is 1.63. The predicted molar refractivity (Wildman–Crippen MR) is 110 cm³/mol. The van der Waals surface area contributed by atoms with E-state index in [1.165, 1.54) is 0 Å². The van der Waals surface area contributed by atoms with Gasteiger partial charge in [0.05, 0.1) is 12.7 Å². The minimum Gasteiger partial charge on any atom is -0.352 e. The SMILES string of the molecule is O=C(CCNC(=O)c1ccccc1)Nc1ccnn1Cc1ccc(Cl)cc1Cl. The summed E-state index contributed by atoms with van der Waals surface area (Å²) >= 11 is 12.1. The second kappa shape index (κ2) is 9.39. The second-order valence-corrected chi connectivity index (χ2v) is 6.87. The van der Waals surface area contributed by atoms with Gasteiger partial charge in [0.25, 0.3) is 5.91 Å². The number of hydrogen-bond acceptors (Lipinski definition) is 3. The van der Waals surface area contributed by atoms with Crippen LogP contribution in [-0.4, -0.2) is 28.1 Å². The molecule has 0 aliphatic carbocycles. The van der Waals surface area contributed by atoms with E-state index in [0.29, 0.717) is 28.0 Å². The number of hydrogen-bond donors (Lipinski definition) is 2. The average Bonchev–Trinajstić information content (AvgIpc) is 3.11. The van der Waals surface area contributed by atoms with Crippen molar-refractivity contribution in [1.29, 1.82) is 0 Å². The van der Waals surface area contributed by atoms with Gasteiger partial charge in [0.2, 0.25) is 5.91 Å². The van der Waals surface area contributed by atoms with E-state index >= 15 is 0 Å². The summed E-state index contributed by atoms with van der Waals surface area (Å²) in [4.78, 5) is 24.2. The summed E-state index contributed by atoms with van der Waals surface area (Å²) in [6.45, 7) is 0.625. The Labute approximate surface area is 172 Å². The molecule has 3 rings (SSSR count). The van der Waals surface area contributed by atoms with Crippen LogP contribution in [0, 0.1) is 0 Å². The Morgan fingerprint density at radius 2 is 1.82 bits per heavy atom. The van der Waals surface area contributed by atoms with Gasteiger partial charge in [-0.2, -0.15) is 5.10 Å². The maximum absolute atomic E-state index is 12.2. The third kappa shape index (κ3) is 5.34. The zero-order valence-corrected chi connectivity index (χ0v) is 16.4. The van der Waals surface area contributed by atoms with E-state index in [2.05, 4.69) is 15.7 Å². The molecule has 1 heterocycles. The van der Waals surface area contributed by atoms with Crippen LogP contribution in [0.3, 0.4) is 0 Å². The molecule has 6 nitrogen and oxygen atoms in total. The first-order valence-corrected chi connectivity index (χ1v) is 9.37. The van der Waals surface area contributed by atoms with Crippen molar-refractivity contribution in [2.45, 2.75) is 13.0 Å². The van der Waals surface area contributed by atoms with Crippen molar-refractivity contribution >= 4 is 40.8 Å². The number of rotatable bonds is 7. The van der Waals surface area contributed by atoms with E-state index < -0.39 is 0 Å². The first-order valence-electron chi connectivity index (χ1n) is 8.62. The predicted octanol–water partition coefficient (Wildman–Crippen LogP) is 4.00. The summed E-state index contributed by atoms with van der Waals surface area (Å²) in [6, 6.07) is 15.8. The van der Waals surface area contributed by atoms with Crippen LogP contribution in [0.2, 0.25) is 10.0 Å². The molecule has 0 spiro atoms. The number of benzene rings is 2. The van der Waals surface area contributed by atoms with Crippen LogP contribution >= 0.6 is 23.2 Å². The molecule has 144 valence electrons. The smallest absolute Gasteiger partial charge is 0.251 e. The number of amides is 2. The van der Waals surface area contributed by atoms with E-state index in [-0.39, 0.29) is 24.8 Å². The van der Waals surface area contributed by atoms with Gasteiger partial charge < -0.3 is 10.6 Å². The Hall–Kier alpha value is -2.83. The fourth-order valence-electron chi connectivity index (χ4n) is 2.56. The number of carbonyl (C=O) groups is 2. The summed E-state index contributed by atoms with van der Waals surface area (Å²) in [5.74, 6) is 0.110. The average molecular weight is 417 g/mol. The molecule has 0 fully saturated rings. The monoisotopic (exact) mass is 416 g/mol. The molecule has 0 aliphatic rings. The molecule has 1 aromatic heterocycles. The molecule has 28 heavy (non-hydrogen) atoms. The lowest BCUT2D eigenvalue weighted by atomic mass is 10.2. The first kappa shape index (κ1) is 19.9. The molecule has 2 amide bonds. The maximum atomic E-state index is 12.2. The van der Waals surface area contributed by atoms with Gasteiger partial charge in [0, 0.05) is 34.6 Å². The van der Waals surface area contributed by atoms with Crippen LogP contribution in [0.4, 0.5) is 5.82 Å². The van der Waals surface area contributed by atoms with Gasteiger partial charge in [0.1, 0.15) is 5.82 Å². The van der Waals surface area contributed by atoms with Gasteiger partial charge in [-0.15, -0.1) is 0 Å². The summed E-state index contributed by atoms with van der Waals surface area (Å²) in [6.07, 6.45) is 1.74. The molecule has 0 saturated carbocycles. The Balaban J connectivity index is 1.52. The Morgan fingerprint density at radius 3 is 2.57 bits per heavy atom. The Kier molecular flexibility index (Phi) is 6.68. The highest BCUT2D eigenvalue weighted by molar-refractivity contribution is 6.35. The molecule has 3 aromatic rings. The third-order valence-electron chi connectivity index (χ3n) is 3.99. The molecule has 2 aromatic carbocycles. The third-order valence-corrected chi connectivity index (χ3v) is 4.58. The van der Waals surface area contributed by atoms with Crippen molar-refractivity contribution in [3.8, 4) is 0 Å². The largest absolute Gasteiger partial charge is 0.352 e. The Bertz CT molecular complexity index is 973. The normalized spacial score (nSPS) is 10.5.